The van der Waals surface area contributed by atoms with Crippen molar-refractivity contribution in [3.05, 3.63) is 0 Å². The van der Waals surface area contributed by atoms with Crippen molar-refractivity contribution in [3.63, 3.8) is 0 Å². The summed E-state index contributed by atoms with van der Waals surface area (Å²) in [6, 6.07) is 1.36. The predicted octanol–water partition coefficient (Wildman–Crippen LogP) is 9.66. The van der Waals surface area contributed by atoms with E-state index in [2.05, 4.69) is 33.9 Å². The van der Waals surface area contributed by atoms with Gasteiger partial charge in [0.25, 0.3) is 0 Å². The maximum Gasteiger partial charge on any atom is 0.187 e. The lowest BCUT2D eigenvalue weighted by Crippen LogP contribution is -2.35. The van der Waals surface area contributed by atoms with Crippen LogP contribution in [0.4, 0.5) is 0 Å². The molecular formula is C25H54OSi. The molecule has 0 bridgehead atoms. The number of rotatable bonds is 21. The summed E-state index contributed by atoms with van der Waals surface area (Å²) in [6.45, 7) is 11.8. The molecule has 0 fully saturated rings. The van der Waals surface area contributed by atoms with E-state index in [1.807, 2.05) is 0 Å². The van der Waals surface area contributed by atoms with Crippen molar-refractivity contribution >= 4 is 8.32 Å². The number of unbranched alkanes of at least 4 members (excludes halogenated alkanes) is 13. The van der Waals surface area contributed by atoms with Gasteiger partial charge in [-0.25, -0.2) is 0 Å². The first-order valence-electron chi connectivity index (χ1n) is 12.7. The molecule has 0 saturated heterocycles. The predicted molar refractivity (Wildman–Crippen MR) is 127 cm³/mol. The van der Waals surface area contributed by atoms with Crippen molar-refractivity contribution in [2.24, 2.45) is 0 Å². The van der Waals surface area contributed by atoms with E-state index in [1.165, 1.54) is 122 Å². The fraction of sp³-hybridized carbons (Fsp3) is 1.00. The van der Waals surface area contributed by atoms with Crippen LogP contribution >= 0.6 is 0 Å². The van der Waals surface area contributed by atoms with Crippen LogP contribution in [0.3, 0.4) is 0 Å². The highest BCUT2D eigenvalue weighted by Gasteiger charge is 2.25. The molecule has 0 aliphatic carbocycles. The first-order chi connectivity index (χ1) is 13.1. The van der Waals surface area contributed by atoms with Crippen molar-refractivity contribution in [2.75, 3.05) is 0 Å². The van der Waals surface area contributed by atoms with Gasteiger partial charge in [-0.2, -0.15) is 0 Å². The Morgan fingerprint density at radius 3 is 1.44 bits per heavy atom. The summed E-state index contributed by atoms with van der Waals surface area (Å²) < 4.78 is 6.77. The van der Waals surface area contributed by atoms with Crippen LogP contribution in [0.15, 0.2) is 0 Å². The molecule has 0 saturated carbocycles. The van der Waals surface area contributed by atoms with E-state index >= 15 is 0 Å². The Morgan fingerprint density at radius 1 is 0.519 bits per heavy atom. The molecule has 0 amide bonds. The Bertz CT molecular complexity index is 290. The van der Waals surface area contributed by atoms with Crippen molar-refractivity contribution in [3.8, 4) is 0 Å². The average Bonchev–Trinajstić information content (AvgIpc) is 2.64. The van der Waals surface area contributed by atoms with Gasteiger partial charge in [0.15, 0.2) is 8.32 Å². The molecule has 1 atom stereocenters. The largest absolute Gasteiger partial charge is 0.414 e. The van der Waals surface area contributed by atoms with Crippen molar-refractivity contribution < 1.29 is 4.43 Å². The standard InChI is InChI=1S/C25H54OSi/c1-6-9-12-14-16-17-18-20-23-25(22-11-8-3)26-27(4,5)24-21-19-15-13-10-7-2/h25H,6-24H2,1-5H3. The van der Waals surface area contributed by atoms with Gasteiger partial charge in [-0.1, -0.05) is 124 Å². The highest BCUT2D eigenvalue weighted by Crippen LogP contribution is 2.24. The highest BCUT2D eigenvalue weighted by atomic mass is 28.4. The summed E-state index contributed by atoms with van der Waals surface area (Å²) in [7, 11) is -1.48. The van der Waals surface area contributed by atoms with E-state index in [-0.39, 0.29) is 0 Å². The first kappa shape index (κ1) is 27.2. The smallest absolute Gasteiger partial charge is 0.187 e. The van der Waals surface area contributed by atoms with E-state index in [0.29, 0.717) is 6.10 Å². The second kappa shape index (κ2) is 19.5. The molecule has 0 rings (SSSR count). The minimum atomic E-state index is -1.48. The summed E-state index contributed by atoms with van der Waals surface area (Å²) in [5.41, 5.74) is 0. The lowest BCUT2D eigenvalue weighted by Gasteiger charge is -2.30. The summed E-state index contributed by atoms with van der Waals surface area (Å²) >= 11 is 0. The average molecular weight is 399 g/mol. The quantitative estimate of drug-likeness (QED) is 0.138. The first-order valence-corrected chi connectivity index (χ1v) is 15.8. The van der Waals surface area contributed by atoms with Gasteiger partial charge in [-0.3, -0.25) is 0 Å². The maximum atomic E-state index is 6.77. The molecule has 1 unspecified atom stereocenters. The third-order valence-electron chi connectivity index (χ3n) is 5.88. The summed E-state index contributed by atoms with van der Waals surface area (Å²) in [4.78, 5) is 0. The van der Waals surface area contributed by atoms with E-state index in [4.69, 9.17) is 4.43 Å². The molecule has 164 valence electrons. The van der Waals surface area contributed by atoms with Gasteiger partial charge < -0.3 is 4.43 Å². The van der Waals surface area contributed by atoms with Gasteiger partial charge in [-0.05, 0) is 32.0 Å². The van der Waals surface area contributed by atoms with Gasteiger partial charge in [-0.15, -0.1) is 0 Å². The molecular weight excluding hydrogens is 344 g/mol. The lowest BCUT2D eigenvalue weighted by molar-refractivity contribution is 0.163. The topological polar surface area (TPSA) is 9.23 Å². The molecule has 0 aliphatic rings. The zero-order valence-corrected chi connectivity index (χ0v) is 20.9. The van der Waals surface area contributed by atoms with Gasteiger partial charge in [0, 0.05) is 6.10 Å². The van der Waals surface area contributed by atoms with E-state index in [9.17, 15) is 0 Å². The van der Waals surface area contributed by atoms with Crippen molar-refractivity contribution in [1.29, 1.82) is 0 Å². The van der Waals surface area contributed by atoms with Gasteiger partial charge in [0.2, 0.25) is 0 Å². The number of hydrogen-bond acceptors (Lipinski definition) is 1. The molecule has 0 heterocycles. The van der Waals surface area contributed by atoms with Crippen LogP contribution in [-0.4, -0.2) is 14.4 Å². The summed E-state index contributed by atoms with van der Waals surface area (Å²) in [5, 5.41) is 0. The van der Waals surface area contributed by atoms with Crippen LogP contribution in [0, 0.1) is 0 Å². The molecule has 0 aromatic rings. The van der Waals surface area contributed by atoms with Crippen LogP contribution in [0.1, 0.15) is 136 Å². The monoisotopic (exact) mass is 398 g/mol. The lowest BCUT2D eigenvalue weighted by atomic mass is 10.0. The van der Waals surface area contributed by atoms with E-state index < -0.39 is 8.32 Å². The van der Waals surface area contributed by atoms with E-state index in [0.717, 1.165) is 0 Å². The minimum Gasteiger partial charge on any atom is -0.414 e. The minimum absolute atomic E-state index is 0.548. The van der Waals surface area contributed by atoms with Crippen LogP contribution in [0.25, 0.3) is 0 Å². The third-order valence-corrected chi connectivity index (χ3v) is 8.41. The SMILES string of the molecule is CCCCCCCCCCC(CCCC)O[Si](C)(C)CCCCCCCC. The van der Waals surface area contributed by atoms with Gasteiger partial charge >= 0.3 is 0 Å². The Hall–Kier alpha value is 0.177. The normalized spacial score (nSPS) is 13.2. The molecule has 0 aliphatic heterocycles. The molecule has 27 heavy (non-hydrogen) atoms. The maximum absolute atomic E-state index is 6.77. The molecule has 1 nitrogen and oxygen atoms in total. The fourth-order valence-electron chi connectivity index (χ4n) is 4.04. The van der Waals surface area contributed by atoms with Gasteiger partial charge in [0.1, 0.15) is 0 Å². The third kappa shape index (κ3) is 19.3. The number of hydrogen-bond donors (Lipinski definition) is 0. The second-order valence-electron chi connectivity index (χ2n) is 9.42. The Morgan fingerprint density at radius 2 is 0.926 bits per heavy atom. The Balaban J connectivity index is 3.96. The molecule has 0 spiro atoms. The van der Waals surface area contributed by atoms with Crippen molar-refractivity contribution in [2.45, 2.75) is 162 Å². The zero-order chi connectivity index (χ0) is 20.2. The second-order valence-corrected chi connectivity index (χ2v) is 13.7. The molecule has 0 aromatic carbocycles. The van der Waals surface area contributed by atoms with Crippen LogP contribution in [0.2, 0.25) is 19.1 Å². The fourth-order valence-corrected chi connectivity index (χ4v) is 6.40. The Labute approximate surface area is 174 Å². The van der Waals surface area contributed by atoms with Crippen LogP contribution in [-0.2, 0) is 4.43 Å². The molecule has 2 heteroatoms. The van der Waals surface area contributed by atoms with Crippen molar-refractivity contribution in [1.82, 2.24) is 0 Å². The summed E-state index contributed by atoms with van der Waals surface area (Å²) in [5.74, 6) is 0. The van der Waals surface area contributed by atoms with Gasteiger partial charge in [0.05, 0.1) is 0 Å². The Kier molecular flexibility index (Phi) is 19.6. The highest BCUT2D eigenvalue weighted by molar-refractivity contribution is 6.71. The summed E-state index contributed by atoms with van der Waals surface area (Å²) in [6.07, 6.45) is 25.5. The molecule has 0 radical (unpaired) electrons. The van der Waals surface area contributed by atoms with Crippen LogP contribution in [0.5, 0.6) is 0 Å². The van der Waals surface area contributed by atoms with Crippen LogP contribution < -0.4 is 0 Å². The molecule has 0 aromatic heterocycles. The molecule has 0 N–H and O–H groups in total. The zero-order valence-electron chi connectivity index (χ0n) is 19.9. The van der Waals surface area contributed by atoms with E-state index in [1.54, 1.807) is 0 Å².